The molecule has 31 heavy (non-hydrogen) atoms. The molecule has 0 radical (unpaired) electrons. The second-order valence-corrected chi connectivity index (χ2v) is 7.71. The molecule has 0 saturated carbocycles. The predicted octanol–water partition coefficient (Wildman–Crippen LogP) is 2.33. The number of fused-ring (bicyclic) bond motifs is 1. The van der Waals surface area contributed by atoms with Crippen molar-refractivity contribution in [1.82, 2.24) is 24.8 Å². The minimum absolute atomic E-state index is 0.000814. The number of likely N-dealkylation sites (tertiary alicyclic amines) is 1. The van der Waals surface area contributed by atoms with Gasteiger partial charge in [-0.1, -0.05) is 0 Å². The molecule has 7 nitrogen and oxygen atoms in total. The Bertz CT molecular complexity index is 1110. The van der Waals surface area contributed by atoms with Gasteiger partial charge in [-0.05, 0) is 43.6 Å². The Balaban J connectivity index is 1.29. The number of hydrogen-bond acceptors (Lipinski definition) is 6. The van der Waals surface area contributed by atoms with Crippen LogP contribution in [-0.4, -0.2) is 52.2 Å². The van der Waals surface area contributed by atoms with E-state index in [1.807, 2.05) is 0 Å². The Labute approximate surface area is 178 Å². The van der Waals surface area contributed by atoms with Crippen molar-refractivity contribution in [3.8, 4) is 5.88 Å². The highest BCUT2D eigenvalue weighted by atomic mass is 19.1. The molecule has 4 heterocycles. The summed E-state index contributed by atoms with van der Waals surface area (Å²) < 4.78 is 33.8. The summed E-state index contributed by atoms with van der Waals surface area (Å²) in [7, 11) is 1.39. The van der Waals surface area contributed by atoms with E-state index in [9.17, 15) is 13.6 Å². The lowest BCUT2D eigenvalue weighted by atomic mass is 10.0. The van der Waals surface area contributed by atoms with Gasteiger partial charge in [-0.15, -0.1) is 0 Å². The SMILES string of the molecule is COc1ncc(CNC2CCN(CCn3c(=O)ccc4ncc(F)cc43)CC2)cc1F. The molecule has 0 amide bonds. The molecule has 0 spiro atoms. The average Bonchev–Trinajstić information content (AvgIpc) is 2.78. The van der Waals surface area contributed by atoms with Crippen LogP contribution in [0.1, 0.15) is 18.4 Å². The van der Waals surface area contributed by atoms with Crippen molar-refractivity contribution >= 4 is 11.0 Å². The van der Waals surface area contributed by atoms with Crippen molar-refractivity contribution in [2.45, 2.75) is 32.0 Å². The highest BCUT2D eigenvalue weighted by Crippen LogP contribution is 2.16. The third kappa shape index (κ3) is 5.05. The standard InChI is InChI=1S/C22H25F2N5O2/c1-31-22-18(24)10-15(13-27-22)12-25-17-4-6-28(7-5-17)8-9-29-20-11-16(23)14-26-19(20)2-3-21(29)30/h2-3,10-11,13-14,17,25H,4-9,12H2,1H3. The van der Waals surface area contributed by atoms with E-state index in [0.29, 0.717) is 36.7 Å². The lowest BCUT2D eigenvalue weighted by molar-refractivity contribution is 0.191. The molecule has 0 unspecified atom stereocenters. The first kappa shape index (κ1) is 21.3. The van der Waals surface area contributed by atoms with Crippen LogP contribution in [0.3, 0.4) is 0 Å². The Morgan fingerprint density at radius 3 is 2.68 bits per heavy atom. The summed E-state index contributed by atoms with van der Waals surface area (Å²) in [6.45, 7) is 3.51. The fraction of sp³-hybridized carbons (Fsp3) is 0.409. The van der Waals surface area contributed by atoms with Crippen LogP contribution in [-0.2, 0) is 13.1 Å². The molecule has 9 heteroatoms. The van der Waals surface area contributed by atoms with E-state index >= 15 is 0 Å². The highest BCUT2D eigenvalue weighted by Gasteiger charge is 2.19. The van der Waals surface area contributed by atoms with E-state index in [2.05, 4.69) is 20.2 Å². The summed E-state index contributed by atoms with van der Waals surface area (Å²) in [6, 6.07) is 6.22. The average molecular weight is 429 g/mol. The monoisotopic (exact) mass is 429 g/mol. The maximum absolute atomic E-state index is 13.8. The number of piperidine rings is 1. The molecule has 1 aliphatic rings. The first-order chi connectivity index (χ1) is 15.0. The molecule has 0 aliphatic carbocycles. The van der Waals surface area contributed by atoms with Gasteiger partial charge in [0.1, 0.15) is 5.82 Å². The highest BCUT2D eigenvalue weighted by molar-refractivity contribution is 5.74. The second-order valence-electron chi connectivity index (χ2n) is 7.71. The van der Waals surface area contributed by atoms with Crippen molar-refractivity contribution in [2.24, 2.45) is 0 Å². The van der Waals surface area contributed by atoms with Gasteiger partial charge in [0, 0.05) is 44.0 Å². The number of halogens is 2. The van der Waals surface area contributed by atoms with Crippen molar-refractivity contribution in [3.63, 3.8) is 0 Å². The van der Waals surface area contributed by atoms with E-state index in [1.165, 1.54) is 25.3 Å². The smallest absolute Gasteiger partial charge is 0.251 e. The number of pyridine rings is 3. The topological polar surface area (TPSA) is 72.3 Å². The van der Waals surface area contributed by atoms with Crippen LogP contribution < -0.4 is 15.6 Å². The Morgan fingerprint density at radius 2 is 1.94 bits per heavy atom. The number of aromatic nitrogens is 3. The van der Waals surface area contributed by atoms with Gasteiger partial charge in [0.25, 0.3) is 5.56 Å². The molecular formula is C22H25F2N5O2. The van der Waals surface area contributed by atoms with E-state index in [4.69, 9.17) is 4.74 Å². The molecule has 0 aromatic carbocycles. The zero-order valence-electron chi connectivity index (χ0n) is 17.4. The summed E-state index contributed by atoms with van der Waals surface area (Å²) >= 11 is 0. The van der Waals surface area contributed by atoms with Crippen LogP contribution in [0.2, 0.25) is 0 Å². The number of rotatable bonds is 7. The summed E-state index contributed by atoms with van der Waals surface area (Å²) in [6.07, 6.45) is 4.67. The van der Waals surface area contributed by atoms with Crippen molar-refractivity contribution in [3.05, 3.63) is 64.2 Å². The molecular weight excluding hydrogens is 404 g/mol. The van der Waals surface area contributed by atoms with Gasteiger partial charge in [-0.3, -0.25) is 9.78 Å². The van der Waals surface area contributed by atoms with E-state index in [0.717, 1.165) is 37.7 Å². The van der Waals surface area contributed by atoms with Crippen LogP contribution in [0, 0.1) is 11.6 Å². The largest absolute Gasteiger partial charge is 0.479 e. The lowest BCUT2D eigenvalue weighted by Crippen LogP contribution is -2.43. The van der Waals surface area contributed by atoms with Crippen LogP contribution in [0.4, 0.5) is 8.78 Å². The third-order valence-electron chi connectivity index (χ3n) is 5.68. The molecule has 0 atom stereocenters. The van der Waals surface area contributed by atoms with Crippen LogP contribution >= 0.6 is 0 Å². The maximum Gasteiger partial charge on any atom is 0.251 e. The molecule has 1 fully saturated rings. The maximum atomic E-state index is 13.8. The number of hydrogen-bond donors (Lipinski definition) is 1. The van der Waals surface area contributed by atoms with E-state index in [-0.39, 0.29) is 11.4 Å². The van der Waals surface area contributed by atoms with E-state index in [1.54, 1.807) is 16.8 Å². The zero-order valence-corrected chi connectivity index (χ0v) is 17.4. The van der Waals surface area contributed by atoms with Gasteiger partial charge in [0.05, 0.1) is 24.3 Å². The number of nitrogens with one attached hydrogen (secondary N) is 1. The van der Waals surface area contributed by atoms with Crippen molar-refractivity contribution < 1.29 is 13.5 Å². The fourth-order valence-corrected chi connectivity index (χ4v) is 3.95. The van der Waals surface area contributed by atoms with Crippen molar-refractivity contribution in [1.29, 1.82) is 0 Å². The van der Waals surface area contributed by atoms with E-state index < -0.39 is 11.6 Å². The summed E-state index contributed by atoms with van der Waals surface area (Å²) in [4.78, 5) is 22.6. The van der Waals surface area contributed by atoms with Crippen LogP contribution in [0.5, 0.6) is 5.88 Å². The van der Waals surface area contributed by atoms with Crippen LogP contribution in [0.15, 0.2) is 41.5 Å². The predicted molar refractivity (Wildman–Crippen MR) is 113 cm³/mol. The third-order valence-corrected chi connectivity index (χ3v) is 5.68. The van der Waals surface area contributed by atoms with Gasteiger partial charge in [0.2, 0.25) is 5.88 Å². The summed E-state index contributed by atoms with van der Waals surface area (Å²) in [5.74, 6) is -0.915. The lowest BCUT2D eigenvalue weighted by Gasteiger charge is -2.32. The van der Waals surface area contributed by atoms with Gasteiger partial charge in [-0.25, -0.2) is 13.8 Å². The normalized spacial score (nSPS) is 15.5. The molecule has 4 rings (SSSR count). The summed E-state index contributed by atoms with van der Waals surface area (Å²) in [5, 5.41) is 3.46. The molecule has 3 aromatic rings. The first-order valence-corrected chi connectivity index (χ1v) is 10.3. The molecule has 3 aromatic heterocycles. The van der Waals surface area contributed by atoms with Gasteiger partial charge in [-0.2, -0.15) is 0 Å². The summed E-state index contributed by atoms with van der Waals surface area (Å²) in [5.41, 5.74) is 1.74. The number of ether oxygens (including phenoxy) is 1. The van der Waals surface area contributed by atoms with Crippen molar-refractivity contribution in [2.75, 3.05) is 26.7 Å². The minimum atomic E-state index is -0.463. The molecule has 1 N–H and O–H groups in total. The quantitative estimate of drug-likeness (QED) is 0.622. The van der Waals surface area contributed by atoms with Gasteiger partial charge < -0.3 is 19.5 Å². The Hall–Kier alpha value is -2.91. The molecule has 1 aliphatic heterocycles. The number of methoxy groups -OCH3 is 1. The van der Waals surface area contributed by atoms with Crippen LogP contribution in [0.25, 0.3) is 11.0 Å². The molecule has 1 saturated heterocycles. The Kier molecular flexibility index (Phi) is 6.53. The van der Waals surface area contributed by atoms with Gasteiger partial charge >= 0.3 is 0 Å². The molecule has 164 valence electrons. The fourth-order valence-electron chi connectivity index (χ4n) is 3.95. The number of nitrogens with zero attached hydrogens (tertiary/aromatic N) is 4. The molecule has 0 bridgehead atoms. The minimum Gasteiger partial charge on any atom is -0.479 e. The second kappa shape index (κ2) is 9.49. The van der Waals surface area contributed by atoms with Gasteiger partial charge in [0.15, 0.2) is 5.82 Å². The zero-order chi connectivity index (χ0) is 21.8. The first-order valence-electron chi connectivity index (χ1n) is 10.3. The Morgan fingerprint density at radius 1 is 1.13 bits per heavy atom.